The number of rotatable bonds is 3. The molecule has 1 aromatic carbocycles. The summed E-state index contributed by atoms with van der Waals surface area (Å²) in [6.07, 6.45) is -0.240. The first-order valence-electron chi connectivity index (χ1n) is 4.35. The lowest BCUT2D eigenvalue weighted by molar-refractivity contribution is 0.257. The van der Waals surface area contributed by atoms with E-state index in [2.05, 4.69) is 5.32 Å². The van der Waals surface area contributed by atoms with Crippen LogP contribution in [0.4, 0.5) is 8.78 Å². The third-order valence-electron chi connectivity index (χ3n) is 2.05. The summed E-state index contributed by atoms with van der Waals surface area (Å²) in [4.78, 5) is 1.82. The molecule has 1 N–H and O–H groups in total. The fourth-order valence-corrected chi connectivity index (χ4v) is 1.42. The van der Waals surface area contributed by atoms with Crippen LogP contribution in [0.1, 0.15) is 11.7 Å². The summed E-state index contributed by atoms with van der Waals surface area (Å²) >= 11 is 0. The molecule has 14 heavy (non-hydrogen) atoms. The number of halogens is 2. The molecule has 0 aliphatic rings. The molecule has 4 heteroatoms. The molecule has 0 aliphatic heterocycles. The predicted octanol–water partition coefficient (Wildman–Crippen LogP) is 1.74. The van der Waals surface area contributed by atoms with E-state index in [1.165, 1.54) is 12.1 Å². The molecule has 0 bridgehead atoms. The van der Waals surface area contributed by atoms with Crippen molar-refractivity contribution >= 4 is 0 Å². The first-order valence-corrected chi connectivity index (χ1v) is 4.35. The first-order chi connectivity index (χ1) is 6.56. The number of benzene rings is 1. The average Bonchev–Trinajstić information content (AvgIpc) is 2.09. The highest BCUT2D eigenvalue weighted by Gasteiger charge is 2.15. The van der Waals surface area contributed by atoms with Gasteiger partial charge in [0, 0.05) is 11.6 Å². The Bertz CT molecular complexity index is 313. The van der Waals surface area contributed by atoms with E-state index >= 15 is 0 Å². The van der Waals surface area contributed by atoms with E-state index in [-0.39, 0.29) is 6.17 Å². The highest BCUT2D eigenvalue weighted by Crippen LogP contribution is 2.19. The SMILES string of the molecule is CNC(c1ccc(F)cc1F)N(C)C. The second-order valence-corrected chi connectivity index (χ2v) is 3.32. The zero-order valence-corrected chi connectivity index (χ0v) is 8.51. The molecule has 0 heterocycles. The summed E-state index contributed by atoms with van der Waals surface area (Å²) in [5, 5.41) is 2.94. The zero-order valence-electron chi connectivity index (χ0n) is 8.51. The molecule has 0 fully saturated rings. The smallest absolute Gasteiger partial charge is 0.132 e. The van der Waals surface area contributed by atoms with Gasteiger partial charge in [-0.05, 0) is 27.2 Å². The van der Waals surface area contributed by atoms with Crippen LogP contribution in [-0.2, 0) is 0 Å². The molecule has 0 spiro atoms. The van der Waals surface area contributed by atoms with Gasteiger partial charge >= 0.3 is 0 Å². The fraction of sp³-hybridized carbons (Fsp3) is 0.400. The molecule has 0 radical (unpaired) electrons. The van der Waals surface area contributed by atoms with E-state index in [1.54, 1.807) is 7.05 Å². The Morgan fingerprint density at radius 3 is 2.36 bits per heavy atom. The third kappa shape index (κ3) is 2.27. The largest absolute Gasteiger partial charge is 0.301 e. The van der Waals surface area contributed by atoms with Crippen molar-refractivity contribution in [3.8, 4) is 0 Å². The Morgan fingerprint density at radius 2 is 1.93 bits per heavy atom. The van der Waals surface area contributed by atoms with Crippen LogP contribution in [0.3, 0.4) is 0 Å². The second kappa shape index (κ2) is 4.48. The van der Waals surface area contributed by atoms with Crippen molar-refractivity contribution in [1.82, 2.24) is 10.2 Å². The fourth-order valence-electron chi connectivity index (χ4n) is 1.42. The molecule has 1 aromatic rings. The van der Waals surface area contributed by atoms with Gasteiger partial charge in [-0.1, -0.05) is 6.07 Å². The Hall–Kier alpha value is -1.00. The van der Waals surface area contributed by atoms with E-state index < -0.39 is 11.6 Å². The highest BCUT2D eigenvalue weighted by molar-refractivity contribution is 5.21. The molecule has 1 atom stereocenters. The van der Waals surface area contributed by atoms with E-state index in [4.69, 9.17) is 0 Å². The van der Waals surface area contributed by atoms with Crippen molar-refractivity contribution in [2.24, 2.45) is 0 Å². The van der Waals surface area contributed by atoms with Gasteiger partial charge in [0.1, 0.15) is 11.6 Å². The van der Waals surface area contributed by atoms with Crippen molar-refractivity contribution in [2.45, 2.75) is 6.17 Å². The van der Waals surface area contributed by atoms with Crippen molar-refractivity contribution in [2.75, 3.05) is 21.1 Å². The van der Waals surface area contributed by atoms with E-state index in [0.29, 0.717) is 5.56 Å². The second-order valence-electron chi connectivity index (χ2n) is 3.32. The minimum Gasteiger partial charge on any atom is -0.301 e. The maximum Gasteiger partial charge on any atom is 0.132 e. The third-order valence-corrected chi connectivity index (χ3v) is 2.05. The minimum absolute atomic E-state index is 0.240. The Kier molecular flexibility index (Phi) is 3.55. The van der Waals surface area contributed by atoms with Gasteiger partial charge < -0.3 is 5.32 Å². The van der Waals surface area contributed by atoms with Crippen molar-refractivity contribution in [1.29, 1.82) is 0 Å². The van der Waals surface area contributed by atoms with Gasteiger partial charge in [0.05, 0.1) is 6.17 Å². The Morgan fingerprint density at radius 1 is 1.29 bits per heavy atom. The van der Waals surface area contributed by atoms with Crippen molar-refractivity contribution < 1.29 is 8.78 Å². The van der Waals surface area contributed by atoms with Gasteiger partial charge in [-0.3, -0.25) is 4.90 Å². The molecule has 1 unspecified atom stereocenters. The molecular formula is C10H14F2N2. The molecule has 0 aromatic heterocycles. The summed E-state index contributed by atoms with van der Waals surface area (Å²) in [6.45, 7) is 0. The number of nitrogens with zero attached hydrogens (tertiary/aromatic N) is 1. The summed E-state index contributed by atoms with van der Waals surface area (Å²) in [6, 6.07) is 3.60. The van der Waals surface area contributed by atoms with Crippen LogP contribution in [0.15, 0.2) is 18.2 Å². The molecule has 1 rings (SSSR count). The minimum atomic E-state index is -0.556. The zero-order chi connectivity index (χ0) is 10.7. The molecule has 78 valence electrons. The van der Waals surface area contributed by atoms with Gasteiger partial charge in [0.15, 0.2) is 0 Å². The average molecular weight is 200 g/mol. The summed E-state index contributed by atoms with van der Waals surface area (Å²) < 4.78 is 26.0. The highest BCUT2D eigenvalue weighted by atomic mass is 19.1. The monoisotopic (exact) mass is 200 g/mol. The normalized spacial score (nSPS) is 13.3. The van der Waals surface area contributed by atoms with Gasteiger partial charge in [-0.25, -0.2) is 8.78 Å². The molecule has 0 amide bonds. The van der Waals surface area contributed by atoms with Gasteiger partial charge in [0.2, 0.25) is 0 Å². The summed E-state index contributed by atoms with van der Waals surface area (Å²) in [7, 11) is 5.38. The number of nitrogens with one attached hydrogen (secondary N) is 1. The summed E-state index contributed by atoms with van der Waals surface area (Å²) in [5.41, 5.74) is 0.443. The number of hydrogen-bond acceptors (Lipinski definition) is 2. The Balaban J connectivity index is 3.04. The lowest BCUT2D eigenvalue weighted by atomic mass is 10.1. The molecular weight excluding hydrogens is 186 g/mol. The van der Waals surface area contributed by atoms with Gasteiger partial charge in [-0.15, -0.1) is 0 Å². The van der Waals surface area contributed by atoms with Crippen molar-refractivity contribution in [3.63, 3.8) is 0 Å². The van der Waals surface area contributed by atoms with Crippen molar-refractivity contribution in [3.05, 3.63) is 35.4 Å². The lowest BCUT2D eigenvalue weighted by Gasteiger charge is -2.24. The van der Waals surface area contributed by atoms with Crippen LogP contribution >= 0.6 is 0 Å². The van der Waals surface area contributed by atoms with E-state index in [9.17, 15) is 8.78 Å². The molecule has 0 saturated carbocycles. The predicted molar refractivity (Wildman–Crippen MR) is 51.8 cm³/mol. The maximum absolute atomic E-state index is 13.3. The standard InChI is InChI=1S/C10H14F2N2/c1-13-10(14(2)3)8-5-4-7(11)6-9(8)12/h4-6,10,13H,1-3H3. The van der Waals surface area contributed by atoms with E-state index in [1.807, 2.05) is 19.0 Å². The molecule has 0 aliphatic carbocycles. The molecule has 0 saturated heterocycles. The summed E-state index contributed by atoms with van der Waals surface area (Å²) in [5.74, 6) is -1.09. The van der Waals surface area contributed by atoms with E-state index in [0.717, 1.165) is 6.07 Å². The topological polar surface area (TPSA) is 15.3 Å². The van der Waals surface area contributed by atoms with Crippen LogP contribution < -0.4 is 5.32 Å². The quantitative estimate of drug-likeness (QED) is 0.748. The maximum atomic E-state index is 13.3. The van der Waals surface area contributed by atoms with Crippen LogP contribution in [0.2, 0.25) is 0 Å². The Labute approximate surface area is 82.5 Å². The van der Waals surface area contributed by atoms with Crippen LogP contribution in [-0.4, -0.2) is 26.0 Å². The van der Waals surface area contributed by atoms with Crippen LogP contribution in [0.5, 0.6) is 0 Å². The van der Waals surface area contributed by atoms with Gasteiger partial charge in [0.25, 0.3) is 0 Å². The van der Waals surface area contributed by atoms with Crippen LogP contribution in [0.25, 0.3) is 0 Å². The number of hydrogen-bond donors (Lipinski definition) is 1. The van der Waals surface area contributed by atoms with Crippen LogP contribution in [0, 0.1) is 11.6 Å². The first kappa shape index (κ1) is 11.1. The molecule has 2 nitrogen and oxygen atoms in total. The lowest BCUT2D eigenvalue weighted by Crippen LogP contribution is -2.31. The van der Waals surface area contributed by atoms with Gasteiger partial charge in [-0.2, -0.15) is 0 Å².